The van der Waals surface area contributed by atoms with Crippen LogP contribution in [0.2, 0.25) is 0 Å². The van der Waals surface area contributed by atoms with Gasteiger partial charge in [-0.25, -0.2) is 4.79 Å². The smallest absolute Gasteiger partial charge is 0.332 e. The average Bonchev–Trinajstić information content (AvgIpc) is 2.86. The molecule has 0 bridgehead atoms. The van der Waals surface area contributed by atoms with Crippen molar-refractivity contribution in [2.24, 2.45) is 0 Å². The minimum atomic E-state index is -0.857. The maximum atomic E-state index is 10.7. The molecule has 1 saturated heterocycles. The molecule has 0 spiro atoms. The van der Waals surface area contributed by atoms with Crippen LogP contribution in [-0.2, 0) is 16.0 Å². The average molecular weight is 249 g/mol. The van der Waals surface area contributed by atoms with Gasteiger partial charge < -0.3 is 15.2 Å². The predicted molar refractivity (Wildman–Crippen MR) is 69.8 cm³/mol. The predicted octanol–water partition coefficient (Wildman–Crippen LogP) is 2.29. The van der Waals surface area contributed by atoms with Crippen molar-refractivity contribution < 1.29 is 14.6 Å². The summed E-state index contributed by atoms with van der Waals surface area (Å²) >= 11 is 0. The van der Waals surface area contributed by atoms with Crippen molar-refractivity contribution in [3.05, 3.63) is 29.8 Å². The van der Waals surface area contributed by atoms with E-state index in [0.29, 0.717) is 13.0 Å². The van der Waals surface area contributed by atoms with Crippen molar-refractivity contribution in [2.75, 3.05) is 11.9 Å². The molecule has 4 heteroatoms. The molecule has 2 atom stereocenters. The monoisotopic (exact) mass is 249 g/mol. The Kier molecular flexibility index (Phi) is 4.20. The molecule has 0 aliphatic carbocycles. The van der Waals surface area contributed by atoms with E-state index in [1.54, 1.807) is 0 Å². The summed E-state index contributed by atoms with van der Waals surface area (Å²) in [6.45, 7) is 2.79. The highest BCUT2D eigenvalue weighted by Gasteiger charge is 2.29. The third kappa shape index (κ3) is 3.23. The zero-order valence-corrected chi connectivity index (χ0v) is 10.6. The number of anilines is 1. The van der Waals surface area contributed by atoms with Crippen molar-refractivity contribution in [1.82, 2.24) is 0 Å². The molecule has 0 aromatic heterocycles. The van der Waals surface area contributed by atoms with Gasteiger partial charge in [0.25, 0.3) is 0 Å². The highest BCUT2D eigenvalue weighted by Crippen LogP contribution is 2.20. The summed E-state index contributed by atoms with van der Waals surface area (Å²) in [5, 5.41) is 12.1. The molecule has 98 valence electrons. The maximum absolute atomic E-state index is 10.7. The number of carboxylic acids is 1. The topological polar surface area (TPSA) is 58.6 Å². The molecule has 1 aromatic carbocycles. The second-order valence-corrected chi connectivity index (χ2v) is 4.59. The number of hydrogen-bond donors (Lipinski definition) is 2. The first kappa shape index (κ1) is 12.9. The van der Waals surface area contributed by atoms with Crippen LogP contribution in [-0.4, -0.2) is 29.8 Å². The van der Waals surface area contributed by atoms with Gasteiger partial charge in [-0.2, -0.15) is 0 Å². The van der Waals surface area contributed by atoms with Gasteiger partial charge in [0.05, 0.1) is 6.10 Å². The Morgan fingerprint density at radius 1 is 1.39 bits per heavy atom. The lowest BCUT2D eigenvalue weighted by molar-refractivity contribution is -0.149. The molecule has 1 heterocycles. The number of aliphatic carboxylic acids is 1. The van der Waals surface area contributed by atoms with Crippen molar-refractivity contribution in [3.8, 4) is 0 Å². The first-order valence-electron chi connectivity index (χ1n) is 6.40. The van der Waals surface area contributed by atoms with E-state index in [9.17, 15) is 4.79 Å². The van der Waals surface area contributed by atoms with Gasteiger partial charge in [-0.15, -0.1) is 0 Å². The molecule has 2 N–H and O–H groups in total. The van der Waals surface area contributed by atoms with Gasteiger partial charge in [-0.3, -0.25) is 0 Å². The van der Waals surface area contributed by atoms with Crippen LogP contribution in [0, 0.1) is 0 Å². The van der Waals surface area contributed by atoms with Crippen molar-refractivity contribution in [3.63, 3.8) is 0 Å². The molecular weight excluding hydrogens is 230 g/mol. The minimum absolute atomic E-state index is 0.00282. The number of nitrogens with one attached hydrogen (secondary N) is 1. The van der Waals surface area contributed by atoms with E-state index >= 15 is 0 Å². The zero-order valence-electron chi connectivity index (χ0n) is 10.6. The Bertz CT molecular complexity index is 402. The molecular formula is C14H19NO3. The van der Waals surface area contributed by atoms with E-state index in [1.165, 1.54) is 5.56 Å². The van der Waals surface area contributed by atoms with Crippen LogP contribution >= 0.6 is 0 Å². The van der Waals surface area contributed by atoms with Crippen LogP contribution in [0.1, 0.15) is 25.3 Å². The number of hydrogen-bond acceptors (Lipinski definition) is 3. The number of carboxylic acid groups (broad SMARTS) is 1. The number of benzene rings is 1. The molecule has 1 fully saturated rings. The molecule has 0 amide bonds. The van der Waals surface area contributed by atoms with Crippen LogP contribution in [0.5, 0.6) is 0 Å². The third-order valence-electron chi connectivity index (χ3n) is 3.28. The van der Waals surface area contributed by atoms with E-state index in [4.69, 9.17) is 9.84 Å². The van der Waals surface area contributed by atoms with E-state index < -0.39 is 12.1 Å². The molecule has 0 radical (unpaired) electrons. The minimum Gasteiger partial charge on any atom is -0.479 e. The van der Waals surface area contributed by atoms with E-state index in [2.05, 4.69) is 24.4 Å². The number of rotatable bonds is 5. The summed E-state index contributed by atoms with van der Waals surface area (Å²) < 4.78 is 5.43. The fourth-order valence-electron chi connectivity index (χ4n) is 2.13. The Hall–Kier alpha value is -1.55. The summed E-state index contributed by atoms with van der Waals surface area (Å²) in [5.74, 6) is -0.857. The molecule has 1 aliphatic rings. The van der Waals surface area contributed by atoms with Gasteiger partial charge in [-0.1, -0.05) is 19.1 Å². The van der Waals surface area contributed by atoms with Crippen molar-refractivity contribution in [2.45, 2.75) is 38.4 Å². The lowest BCUT2D eigenvalue weighted by Gasteiger charge is -2.13. The van der Waals surface area contributed by atoms with Crippen LogP contribution in [0.3, 0.4) is 0 Å². The molecule has 18 heavy (non-hydrogen) atoms. The Morgan fingerprint density at radius 3 is 2.67 bits per heavy atom. The van der Waals surface area contributed by atoms with Gasteiger partial charge in [-0.05, 0) is 37.0 Å². The third-order valence-corrected chi connectivity index (χ3v) is 3.28. The van der Waals surface area contributed by atoms with Crippen LogP contribution in [0.15, 0.2) is 24.3 Å². The van der Waals surface area contributed by atoms with Gasteiger partial charge in [0.15, 0.2) is 6.10 Å². The van der Waals surface area contributed by atoms with E-state index in [1.807, 2.05) is 12.1 Å². The van der Waals surface area contributed by atoms with Crippen LogP contribution < -0.4 is 5.32 Å². The van der Waals surface area contributed by atoms with Gasteiger partial charge in [0.2, 0.25) is 0 Å². The fourth-order valence-corrected chi connectivity index (χ4v) is 2.13. The Morgan fingerprint density at radius 2 is 2.11 bits per heavy atom. The summed E-state index contributed by atoms with van der Waals surface area (Å²) in [4.78, 5) is 10.7. The van der Waals surface area contributed by atoms with Gasteiger partial charge in [0, 0.05) is 12.2 Å². The number of ether oxygens (including phenoxy) is 1. The summed E-state index contributed by atoms with van der Waals surface area (Å²) in [7, 11) is 0. The number of aryl methyl sites for hydroxylation is 1. The van der Waals surface area contributed by atoms with Gasteiger partial charge >= 0.3 is 5.97 Å². The highest BCUT2D eigenvalue weighted by atomic mass is 16.5. The fraction of sp³-hybridized carbons (Fsp3) is 0.500. The van der Waals surface area contributed by atoms with E-state index in [0.717, 1.165) is 18.5 Å². The zero-order chi connectivity index (χ0) is 13.0. The maximum Gasteiger partial charge on any atom is 0.332 e. The standard InChI is InChI=1S/C14H19NO3/c1-2-10-3-5-11(6-4-10)15-9-12-7-8-13(18-12)14(16)17/h3-6,12-13,15H,2,7-9H2,1H3,(H,16,17). The molecule has 0 saturated carbocycles. The first-order valence-corrected chi connectivity index (χ1v) is 6.40. The lowest BCUT2D eigenvalue weighted by atomic mass is 10.1. The van der Waals surface area contributed by atoms with Crippen molar-refractivity contribution in [1.29, 1.82) is 0 Å². The summed E-state index contributed by atoms with van der Waals surface area (Å²) in [5.41, 5.74) is 2.36. The first-order chi connectivity index (χ1) is 8.69. The molecule has 2 unspecified atom stereocenters. The largest absolute Gasteiger partial charge is 0.479 e. The quantitative estimate of drug-likeness (QED) is 0.840. The summed E-state index contributed by atoms with van der Waals surface area (Å²) in [6.07, 6.45) is 1.82. The normalized spacial score (nSPS) is 22.9. The molecule has 1 aliphatic heterocycles. The Balaban J connectivity index is 1.79. The van der Waals surface area contributed by atoms with Gasteiger partial charge in [0.1, 0.15) is 0 Å². The van der Waals surface area contributed by atoms with Crippen LogP contribution in [0.25, 0.3) is 0 Å². The Labute approximate surface area is 107 Å². The summed E-state index contributed by atoms with van der Waals surface area (Å²) in [6, 6.07) is 8.28. The lowest BCUT2D eigenvalue weighted by Crippen LogP contribution is -2.24. The highest BCUT2D eigenvalue weighted by molar-refractivity contribution is 5.72. The molecule has 2 rings (SSSR count). The SMILES string of the molecule is CCc1ccc(NCC2CCC(C(=O)O)O2)cc1. The molecule has 1 aromatic rings. The van der Waals surface area contributed by atoms with Crippen LogP contribution in [0.4, 0.5) is 5.69 Å². The van der Waals surface area contributed by atoms with E-state index in [-0.39, 0.29) is 6.10 Å². The van der Waals surface area contributed by atoms with Crippen molar-refractivity contribution >= 4 is 11.7 Å². The number of carbonyl (C=O) groups is 1. The second-order valence-electron chi connectivity index (χ2n) is 4.59. The molecule has 4 nitrogen and oxygen atoms in total. The second kappa shape index (κ2) is 5.87.